The molecular formula is C16H25N3O. The summed E-state index contributed by atoms with van der Waals surface area (Å²) in [5.74, 6) is 0.886. The molecule has 1 aliphatic rings. The van der Waals surface area contributed by atoms with E-state index in [-0.39, 0.29) is 5.91 Å². The molecule has 1 aliphatic heterocycles. The van der Waals surface area contributed by atoms with E-state index >= 15 is 0 Å². The Hall–Kier alpha value is -1.55. The number of nitrogens with zero attached hydrogens (tertiary/aromatic N) is 2. The van der Waals surface area contributed by atoms with Crippen molar-refractivity contribution in [1.29, 1.82) is 0 Å². The lowest BCUT2D eigenvalue weighted by atomic mass is 9.96. The molecule has 4 heteroatoms. The van der Waals surface area contributed by atoms with Gasteiger partial charge in [0.25, 0.3) is 5.91 Å². The lowest BCUT2D eigenvalue weighted by Gasteiger charge is -2.33. The van der Waals surface area contributed by atoms with Crippen molar-refractivity contribution in [2.24, 2.45) is 5.92 Å². The number of carbonyl (C=O) groups is 1. The van der Waals surface area contributed by atoms with Crippen LogP contribution in [0.4, 0.5) is 5.69 Å². The van der Waals surface area contributed by atoms with Crippen molar-refractivity contribution in [2.45, 2.75) is 12.8 Å². The summed E-state index contributed by atoms with van der Waals surface area (Å²) < 4.78 is 0. The van der Waals surface area contributed by atoms with Gasteiger partial charge in [-0.2, -0.15) is 0 Å². The summed E-state index contributed by atoms with van der Waals surface area (Å²) in [6.45, 7) is 2.88. The first-order valence-corrected chi connectivity index (χ1v) is 7.32. The maximum atomic E-state index is 12.4. The highest BCUT2D eigenvalue weighted by molar-refractivity contribution is 5.94. The van der Waals surface area contributed by atoms with Gasteiger partial charge in [-0.1, -0.05) is 0 Å². The number of amides is 1. The molecular weight excluding hydrogens is 250 g/mol. The van der Waals surface area contributed by atoms with Crippen LogP contribution in [-0.4, -0.2) is 56.5 Å². The van der Waals surface area contributed by atoms with Gasteiger partial charge in [0, 0.05) is 37.9 Å². The molecule has 0 unspecified atom stereocenters. The second kappa shape index (κ2) is 6.75. The first kappa shape index (κ1) is 14.9. The van der Waals surface area contributed by atoms with Crippen molar-refractivity contribution in [3.63, 3.8) is 0 Å². The van der Waals surface area contributed by atoms with Crippen molar-refractivity contribution in [3.8, 4) is 0 Å². The number of anilines is 1. The predicted octanol–water partition coefficient (Wildman–Crippen LogP) is 2.14. The van der Waals surface area contributed by atoms with Crippen LogP contribution >= 0.6 is 0 Å². The second-order valence-corrected chi connectivity index (χ2v) is 5.83. The summed E-state index contributed by atoms with van der Waals surface area (Å²) in [6.07, 6.45) is 2.22. The average molecular weight is 275 g/mol. The first-order chi connectivity index (χ1) is 9.60. The number of hydrogen-bond acceptors (Lipinski definition) is 3. The van der Waals surface area contributed by atoms with Gasteiger partial charge >= 0.3 is 0 Å². The minimum absolute atomic E-state index is 0.163. The average Bonchev–Trinajstić information content (AvgIpc) is 2.47. The molecule has 1 saturated heterocycles. The van der Waals surface area contributed by atoms with E-state index in [0.717, 1.165) is 49.6 Å². The van der Waals surface area contributed by atoms with Crippen molar-refractivity contribution in [3.05, 3.63) is 29.8 Å². The third kappa shape index (κ3) is 3.73. The molecule has 1 heterocycles. The standard InChI is InChI=1S/C16H25N3O/c1-17-15-6-4-14(5-7-15)16(20)19-10-8-13(9-11-19)12-18(2)3/h4-7,13,17H,8-12H2,1-3H3. The smallest absolute Gasteiger partial charge is 0.253 e. The van der Waals surface area contributed by atoms with E-state index in [2.05, 4.69) is 24.3 Å². The minimum Gasteiger partial charge on any atom is -0.388 e. The van der Waals surface area contributed by atoms with Gasteiger partial charge in [-0.25, -0.2) is 0 Å². The molecule has 4 nitrogen and oxygen atoms in total. The molecule has 1 fully saturated rings. The lowest BCUT2D eigenvalue weighted by molar-refractivity contribution is 0.0678. The van der Waals surface area contributed by atoms with Crippen LogP contribution in [0.2, 0.25) is 0 Å². The summed E-state index contributed by atoms with van der Waals surface area (Å²) in [6, 6.07) is 7.71. The number of carbonyl (C=O) groups excluding carboxylic acids is 1. The van der Waals surface area contributed by atoms with Crippen LogP contribution in [-0.2, 0) is 0 Å². The van der Waals surface area contributed by atoms with Gasteiger partial charge in [-0.05, 0) is 57.1 Å². The molecule has 20 heavy (non-hydrogen) atoms. The van der Waals surface area contributed by atoms with Crippen molar-refractivity contribution >= 4 is 11.6 Å². The van der Waals surface area contributed by atoms with E-state index in [1.807, 2.05) is 36.2 Å². The fraction of sp³-hybridized carbons (Fsp3) is 0.562. The van der Waals surface area contributed by atoms with Gasteiger partial charge in [0.15, 0.2) is 0 Å². The highest BCUT2D eigenvalue weighted by atomic mass is 16.2. The van der Waals surface area contributed by atoms with Crippen LogP contribution in [0, 0.1) is 5.92 Å². The van der Waals surface area contributed by atoms with Crippen LogP contribution in [0.1, 0.15) is 23.2 Å². The number of likely N-dealkylation sites (tertiary alicyclic amines) is 1. The molecule has 1 aromatic rings. The number of benzene rings is 1. The van der Waals surface area contributed by atoms with Crippen LogP contribution < -0.4 is 5.32 Å². The highest BCUT2D eigenvalue weighted by Crippen LogP contribution is 2.20. The number of piperidine rings is 1. The Morgan fingerprint density at radius 1 is 1.25 bits per heavy atom. The fourth-order valence-electron chi connectivity index (χ4n) is 2.80. The van der Waals surface area contributed by atoms with E-state index in [1.165, 1.54) is 0 Å². The maximum absolute atomic E-state index is 12.4. The van der Waals surface area contributed by atoms with Crippen LogP contribution in [0.25, 0.3) is 0 Å². The number of nitrogens with one attached hydrogen (secondary N) is 1. The Morgan fingerprint density at radius 2 is 1.85 bits per heavy atom. The van der Waals surface area contributed by atoms with Gasteiger partial charge < -0.3 is 15.1 Å². The van der Waals surface area contributed by atoms with Crippen LogP contribution in [0.15, 0.2) is 24.3 Å². The Morgan fingerprint density at radius 3 is 2.35 bits per heavy atom. The van der Waals surface area contributed by atoms with E-state index in [4.69, 9.17) is 0 Å². The topological polar surface area (TPSA) is 35.6 Å². The lowest BCUT2D eigenvalue weighted by Crippen LogP contribution is -2.40. The summed E-state index contributed by atoms with van der Waals surface area (Å²) in [7, 11) is 6.11. The van der Waals surface area contributed by atoms with Gasteiger partial charge in [-0.3, -0.25) is 4.79 Å². The molecule has 0 saturated carbocycles. The molecule has 1 N–H and O–H groups in total. The van der Waals surface area contributed by atoms with Crippen LogP contribution in [0.3, 0.4) is 0 Å². The van der Waals surface area contributed by atoms with E-state index in [1.54, 1.807) is 0 Å². The minimum atomic E-state index is 0.163. The molecule has 0 spiro atoms. The van der Waals surface area contributed by atoms with E-state index in [9.17, 15) is 4.79 Å². The fourth-order valence-corrected chi connectivity index (χ4v) is 2.80. The zero-order valence-electron chi connectivity index (χ0n) is 12.7. The Labute approximate surface area is 121 Å². The zero-order chi connectivity index (χ0) is 14.5. The SMILES string of the molecule is CNc1ccc(C(=O)N2CCC(CN(C)C)CC2)cc1. The monoisotopic (exact) mass is 275 g/mol. The molecule has 1 amide bonds. The van der Waals surface area contributed by atoms with Crippen molar-refractivity contribution in [1.82, 2.24) is 9.80 Å². The third-order valence-corrected chi connectivity index (χ3v) is 3.95. The number of rotatable bonds is 4. The maximum Gasteiger partial charge on any atom is 0.253 e. The van der Waals surface area contributed by atoms with Crippen molar-refractivity contribution < 1.29 is 4.79 Å². The van der Waals surface area contributed by atoms with Gasteiger partial charge in [0.2, 0.25) is 0 Å². The van der Waals surface area contributed by atoms with Crippen LogP contribution in [0.5, 0.6) is 0 Å². The summed E-state index contributed by atoms with van der Waals surface area (Å²) >= 11 is 0. The summed E-state index contributed by atoms with van der Waals surface area (Å²) in [4.78, 5) is 16.6. The van der Waals surface area contributed by atoms with E-state index < -0.39 is 0 Å². The molecule has 2 rings (SSSR count). The largest absolute Gasteiger partial charge is 0.388 e. The normalized spacial score (nSPS) is 16.5. The van der Waals surface area contributed by atoms with Crippen molar-refractivity contribution in [2.75, 3.05) is 46.1 Å². The first-order valence-electron chi connectivity index (χ1n) is 7.32. The molecule has 0 radical (unpaired) electrons. The summed E-state index contributed by atoms with van der Waals surface area (Å²) in [5.41, 5.74) is 1.82. The molecule has 0 aromatic heterocycles. The third-order valence-electron chi connectivity index (χ3n) is 3.95. The van der Waals surface area contributed by atoms with E-state index in [0.29, 0.717) is 0 Å². The molecule has 0 aliphatic carbocycles. The Bertz CT molecular complexity index is 434. The summed E-state index contributed by atoms with van der Waals surface area (Å²) in [5, 5.41) is 3.07. The zero-order valence-corrected chi connectivity index (χ0v) is 12.7. The molecule has 110 valence electrons. The Balaban J connectivity index is 1.90. The molecule has 0 atom stereocenters. The van der Waals surface area contributed by atoms with Gasteiger partial charge in [-0.15, -0.1) is 0 Å². The number of hydrogen-bond donors (Lipinski definition) is 1. The molecule has 0 bridgehead atoms. The second-order valence-electron chi connectivity index (χ2n) is 5.83. The molecule has 1 aromatic carbocycles. The predicted molar refractivity (Wildman–Crippen MR) is 83.2 cm³/mol. The quantitative estimate of drug-likeness (QED) is 0.914. The van der Waals surface area contributed by atoms with Gasteiger partial charge in [0.05, 0.1) is 0 Å². The van der Waals surface area contributed by atoms with Gasteiger partial charge in [0.1, 0.15) is 0 Å². The highest BCUT2D eigenvalue weighted by Gasteiger charge is 2.23. The Kier molecular flexibility index (Phi) is 5.01.